The largest absolute Gasteiger partial charge is 0.314 e. The Balaban J connectivity index is 2.65. The molecule has 1 aliphatic rings. The number of quaternary nitrogens is 1. The van der Waals surface area contributed by atoms with Crippen molar-refractivity contribution >= 4 is 0 Å². The first-order valence-corrected chi connectivity index (χ1v) is 3.39. The molecule has 9 heavy (non-hydrogen) atoms. The lowest BCUT2D eigenvalue weighted by molar-refractivity contribution is -0.894. The SMILES string of the molecule is C[N+]1(C)CCCC1C#N. The first-order valence-electron chi connectivity index (χ1n) is 3.39. The van der Waals surface area contributed by atoms with Crippen LogP contribution in [0.2, 0.25) is 0 Å². The Morgan fingerprint density at radius 1 is 1.56 bits per heavy atom. The minimum Gasteiger partial charge on any atom is -0.314 e. The smallest absolute Gasteiger partial charge is 0.176 e. The molecule has 1 atom stereocenters. The maximum Gasteiger partial charge on any atom is 0.176 e. The first kappa shape index (κ1) is 6.57. The number of nitrogens with zero attached hydrogens (tertiary/aromatic N) is 2. The van der Waals surface area contributed by atoms with Gasteiger partial charge in [0.15, 0.2) is 6.04 Å². The molecule has 2 heteroatoms. The van der Waals surface area contributed by atoms with Crippen LogP contribution >= 0.6 is 0 Å². The summed E-state index contributed by atoms with van der Waals surface area (Å²) in [4.78, 5) is 0. The molecular formula is C7H13N2+. The molecule has 0 aromatic rings. The fraction of sp³-hybridized carbons (Fsp3) is 0.857. The molecule has 0 aromatic heterocycles. The Bertz CT molecular complexity index is 143. The molecule has 0 bridgehead atoms. The van der Waals surface area contributed by atoms with E-state index in [0.717, 1.165) is 17.4 Å². The van der Waals surface area contributed by atoms with E-state index in [1.165, 1.54) is 6.42 Å². The van der Waals surface area contributed by atoms with Gasteiger partial charge in [0.05, 0.1) is 20.6 Å². The molecule has 1 heterocycles. The van der Waals surface area contributed by atoms with Crippen LogP contribution < -0.4 is 0 Å². The molecule has 1 aliphatic heterocycles. The van der Waals surface area contributed by atoms with Gasteiger partial charge in [-0.25, -0.2) is 0 Å². The third-order valence-corrected chi connectivity index (χ3v) is 2.20. The van der Waals surface area contributed by atoms with Gasteiger partial charge in [-0.1, -0.05) is 0 Å². The molecule has 1 rings (SSSR count). The highest BCUT2D eigenvalue weighted by Gasteiger charge is 2.33. The highest BCUT2D eigenvalue weighted by Crippen LogP contribution is 2.20. The van der Waals surface area contributed by atoms with Gasteiger partial charge in [0, 0.05) is 12.8 Å². The van der Waals surface area contributed by atoms with Crippen molar-refractivity contribution in [3.8, 4) is 6.07 Å². The monoisotopic (exact) mass is 125 g/mol. The Morgan fingerprint density at radius 2 is 2.22 bits per heavy atom. The van der Waals surface area contributed by atoms with Crippen LogP contribution in [-0.2, 0) is 0 Å². The zero-order valence-corrected chi connectivity index (χ0v) is 6.09. The fourth-order valence-electron chi connectivity index (χ4n) is 1.42. The van der Waals surface area contributed by atoms with Crippen LogP contribution in [-0.4, -0.2) is 31.2 Å². The Labute approximate surface area is 56.3 Å². The van der Waals surface area contributed by atoms with Crippen LogP contribution in [0.5, 0.6) is 0 Å². The van der Waals surface area contributed by atoms with Crippen LogP contribution in [0.3, 0.4) is 0 Å². The molecule has 0 N–H and O–H groups in total. The van der Waals surface area contributed by atoms with Crippen LogP contribution in [0.15, 0.2) is 0 Å². The molecule has 0 radical (unpaired) electrons. The summed E-state index contributed by atoms with van der Waals surface area (Å²) in [5.41, 5.74) is 0. The topological polar surface area (TPSA) is 23.8 Å². The van der Waals surface area contributed by atoms with Gasteiger partial charge in [0.1, 0.15) is 6.07 Å². The summed E-state index contributed by atoms with van der Waals surface area (Å²) >= 11 is 0. The van der Waals surface area contributed by atoms with Gasteiger partial charge in [-0.05, 0) is 0 Å². The van der Waals surface area contributed by atoms with E-state index in [1.807, 2.05) is 0 Å². The number of hydrogen-bond donors (Lipinski definition) is 0. The van der Waals surface area contributed by atoms with E-state index in [4.69, 9.17) is 5.26 Å². The summed E-state index contributed by atoms with van der Waals surface area (Å²) in [5, 5.41) is 8.64. The molecular weight excluding hydrogens is 112 g/mol. The maximum absolute atomic E-state index is 8.64. The van der Waals surface area contributed by atoms with Crippen molar-refractivity contribution in [2.24, 2.45) is 0 Å². The molecule has 0 spiro atoms. The average Bonchev–Trinajstić information content (AvgIpc) is 2.08. The fourth-order valence-corrected chi connectivity index (χ4v) is 1.42. The third-order valence-electron chi connectivity index (χ3n) is 2.20. The molecule has 50 valence electrons. The summed E-state index contributed by atoms with van der Waals surface area (Å²) in [7, 11) is 4.25. The van der Waals surface area contributed by atoms with Gasteiger partial charge in [-0.15, -0.1) is 0 Å². The molecule has 0 aromatic carbocycles. The number of likely N-dealkylation sites (tertiary alicyclic amines) is 1. The predicted molar refractivity (Wildman–Crippen MR) is 35.6 cm³/mol. The molecule has 2 nitrogen and oxygen atoms in total. The van der Waals surface area contributed by atoms with Gasteiger partial charge in [0.2, 0.25) is 0 Å². The van der Waals surface area contributed by atoms with E-state index in [9.17, 15) is 0 Å². The Morgan fingerprint density at radius 3 is 2.44 bits per heavy atom. The highest BCUT2D eigenvalue weighted by molar-refractivity contribution is 4.86. The minimum absolute atomic E-state index is 0.255. The van der Waals surface area contributed by atoms with Crippen molar-refractivity contribution in [3.05, 3.63) is 0 Å². The van der Waals surface area contributed by atoms with E-state index in [-0.39, 0.29) is 6.04 Å². The quantitative estimate of drug-likeness (QED) is 0.438. The van der Waals surface area contributed by atoms with Crippen LogP contribution in [0.4, 0.5) is 0 Å². The molecule has 1 unspecified atom stereocenters. The zero-order chi connectivity index (χ0) is 6.91. The van der Waals surface area contributed by atoms with E-state index in [1.54, 1.807) is 0 Å². The van der Waals surface area contributed by atoms with E-state index in [2.05, 4.69) is 20.2 Å². The molecule has 1 saturated heterocycles. The van der Waals surface area contributed by atoms with Gasteiger partial charge >= 0.3 is 0 Å². The number of rotatable bonds is 0. The first-order chi connectivity index (χ1) is 4.17. The molecule has 0 saturated carbocycles. The second-order valence-electron chi connectivity index (χ2n) is 3.29. The standard InChI is InChI=1S/C7H13N2/c1-9(2)5-3-4-7(9)6-8/h7H,3-5H2,1-2H3/q+1. The molecule has 1 fully saturated rings. The summed E-state index contributed by atoms with van der Waals surface area (Å²) in [6.45, 7) is 1.16. The second kappa shape index (κ2) is 2.00. The summed E-state index contributed by atoms with van der Waals surface area (Å²) < 4.78 is 0.899. The lowest BCUT2D eigenvalue weighted by atomic mass is 10.2. The predicted octanol–water partition coefficient (Wildman–Crippen LogP) is 0.749. The lowest BCUT2D eigenvalue weighted by Gasteiger charge is -2.26. The summed E-state index contributed by atoms with van der Waals surface area (Å²) in [6.07, 6.45) is 2.30. The average molecular weight is 125 g/mol. The second-order valence-corrected chi connectivity index (χ2v) is 3.29. The molecule has 0 amide bonds. The normalized spacial score (nSPS) is 31.9. The number of hydrogen-bond acceptors (Lipinski definition) is 1. The van der Waals surface area contributed by atoms with Crippen molar-refractivity contribution in [3.63, 3.8) is 0 Å². The zero-order valence-electron chi connectivity index (χ0n) is 6.09. The van der Waals surface area contributed by atoms with Crippen LogP contribution in [0.1, 0.15) is 12.8 Å². The Hall–Kier alpha value is -0.550. The van der Waals surface area contributed by atoms with Gasteiger partial charge in [0.25, 0.3) is 0 Å². The van der Waals surface area contributed by atoms with Crippen molar-refractivity contribution < 1.29 is 4.48 Å². The summed E-state index contributed by atoms with van der Waals surface area (Å²) in [6, 6.07) is 2.58. The van der Waals surface area contributed by atoms with Crippen molar-refractivity contribution in [2.45, 2.75) is 18.9 Å². The van der Waals surface area contributed by atoms with Gasteiger partial charge < -0.3 is 4.48 Å². The van der Waals surface area contributed by atoms with Crippen LogP contribution in [0.25, 0.3) is 0 Å². The van der Waals surface area contributed by atoms with Gasteiger partial charge in [-0.3, -0.25) is 0 Å². The van der Waals surface area contributed by atoms with E-state index >= 15 is 0 Å². The third kappa shape index (κ3) is 1.06. The van der Waals surface area contributed by atoms with Crippen molar-refractivity contribution in [1.82, 2.24) is 0 Å². The van der Waals surface area contributed by atoms with Crippen LogP contribution in [0, 0.1) is 11.3 Å². The number of nitriles is 1. The van der Waals surface area contributed by atoms with E-state index in [0.29, 0.717) is 0 Å². The Kier molecular flexibility index (Phi) is 1.46. The van der Waals surface area contributed by atoms with Crippen molar-refractivity contribution in [1.29, 1.82) is 5.26 Å². The maximum atomic E-state index is 8.64. The summed E-state index contributed by atoms with van der Waals surface area (Å²) in [5.74, 6) is 0. The van der Waals surface area contributed by atoms with Gasteiger partial charge in [-0.2, -0.15) is 5.26 Å². The van der Waals surface area contributed by atoms with Crippen molar-refractivity contribution in [2.75, 3.05) is 20.6 Å². The highest BCUT2D eigenvalue weighted by atomic mass is 15.3. The molecule has 0 aliphatic carbocycles. The minimum atomic E-state index is 0.255. The lowest BCUT2D eigenvalue weighted by Crippen LogP contribution is -2.42. The van der Waals surface area contributed by atoms with E-state index < -0.39 is 0 Å².